The smallest absolute Gasteiger partial charge is 0.404 e. The summed E-state index contributed by atoms with van der Waals surface area (Å²) in [6.07, 6.45) is -1.40. The molecule has 4 rings (SSSR count). The van der Waals surface area contributed by atoms with E-state index in [1.165, 1.54) is 6.07 Å². The van der Waals surface area contributed by atoms with Gasteiger partial charge in [-0.2, -0.15) is 5.10 Å². The number of benzene rings is 2. The average molecular weight is 503 g/mol. The van der Waals surface area contributed by atoms with Crippen molar-refractivity contribution >= 4 is 23.2 Å². The zero-order valence-electron chi connectivity index (χ0n) is 19.3. The molecule has 0 bridgehead atoms. The van der Waals surface area contributed by atoms with Gasteiger partial charge in [-0.05, 0) is 35.9 Å². The van der Waals surface area contributed by atoms with Gasteiger partial charge in [0, 0.05) is 43.1 Å². The molecule has 2 aromatic carbocycles. The van der Waals surface area contributed by atoms with Crippen LogP contribution in [-0.2, 0) is 16.6 Å². The summed E-state index contributed by atoms with van der Waals surface area (Å²) in [5.41, 5.74) is 2.09. The fraction of sp³-hybridized carbons (Fsp3) is 0.292. The van der Waals surface area contributed by atoms with Crippen molar-refractivity contribution in [3.63, 3.8) is 0 Å². The van der Waals surface area contributed by atoms with E-state index in [0.717, 1.165) is 23.3 Å². The van der Waals surface area contributed by atoms with Crippen LogP contribution in [0.25, 0.3) is 11.1 Å². The zero-order chi connectivity index (χ0) is 25.7. The Bertz CT molecular complexity index is 1220. The van der Waals surface area contributed by atoms with E-state index in [2.05, 4.69) is 20.5 Å². The maximum absolute atomic E-state index is 12.9. The summed E-state index contributed by atoms with van der Waals surface area (Å²) in [4.78, 5) is 27.1. The molecule has 12 heteroatoms. The molecule has 0 unspecified atom stereocenters. The SMILES string of the molecule is Cn1cc(-c2ccc(NC(=O)c3ccc(OC(F)(F)F)c(NC(=O)CN4CCOCC4)c3)cc2)cn1. The minimum absolute atomic E-state index is 0.0332. The molecule has 1 saturated heterocycles. The maximum atomic E-state index is 12.9. The van der Waals surface area contributed by atoms with Crippen LogP contribution in [0.4, 0.5) is 24.5 Å². The number of ether oxygens (including phenoxy) is 2. The van der Waals surface area contributed by atoms with Gasteiger partial charge in [0.1, 0.15) is 0 Å². The van der Waals surface area contributed by atoms with Crippen molar-refractivity contribution in [1.82, 2.24) is 14.7 Å². The standard InChI is InChI=1S/C24H24F3N5O4/c1-31-14-18(13-28-31)16-2-5-19(6-3-16)29-23(34)17-4-7-21(36-24(25,26)27)20(12-17)30-22(33)15-32-8-10-35-11-9-32/h2-7,12-14H,8-11,15H2,1H3,(H,29,34)(H,30,33). The molecule has 0 radical (unpaired) electrons. The van der Waals surface area contributed by atoms with E-state index in [1.54, 1.807) is 23.0 Å². The van der Waals surface area contributed by atoms with Gasteiger partial charge in [-0.3, -0.25) is 19.2 Å². The highest BCUT2D eigenvalue weighted by Crippen LogP contribution is 2.32. The van der Waals surface area contributed by atoms with Gasteiger partial charge in [-0.25, -0.2) is 0 Å². The lowest BCUT2D eigenvalue weighted by Gasteiger charge is -2.26. The minimum atomic E-state index is -4.97. The first-order valence-electron chi connectivity index (χ1n) is 11.1. The summed E-state index contributed by atoms with van der Waals surface area (Å²) in [5.74, 6) is -1.71. The lowest BCUT2D eigenvalue weighted by molar-refractivity contribution is -0.274. The molecule has 0 saturated carbocycles. The highest BCUT2D eigenvalue weighted by atomic mass is 19.4. The third kappa shape index (κ3) is 6.83. The Labute approximate surface area is 204 Å². The highest BCUT2D eigenvalue weighted by Gasteiger charge is 2.32. The number of alkyl halides is 3. The van der Waals surface area contributed by atoms with Gasteiger partial charge < -0.3 is 20.1 Å². The number of halogens is 3. The molecule has 1 aromatic heterocycles. The largest absolute Gasteiger partial charge is 0.573 e. The fourth-order valence-electron chi connectivity index (χ4n) is 3.65. The molecule has 9 nitrogen and oxygen atoms in total. The predicted octanol–water partition coefficient (Wildman–Crippen LogP) is 3.51. The van der Waals surface area contributed by atoms with Crippen LogP contribution >= 0.6 is 0 Å². The molecule has 36 heavy (non-hydrogen) atoms. The molecule has 0 aliphatic carbocycles. The van der Waals surface area contributed by atoms with Crippen molar-refractivity contribution < 1.29 is 32.2 Å². The Morgan fingerprint density at radius 2 is 1.78 bits per heavy atom. The van der Waals surface area contributed by atoms with E-state index >= 15 is 0 Å². The number of morpholine rings is 1. The normalized spacial score (nSPS) is 14.3. The summed E-state index contributed by atoms with van der Waals surface area (Å²) in [5, 5.41) is 9.25. The van der Waals surface area contributed by atoms with Crippen LogP contribution < -0.4 is 15.4 Å². The summed E-state index contributed by atoms with van der Waals surface area (Å²) in [6.45, 7) is 1.96. The van der Waals surface area contributed by atoms with Crippen LogP contribution in [0.1, 0.15) is 10.4 Å². The third-order valence-corrected chi connectivity index (χ3v) is 5.39. The monoisotopic (exact) mass is 503 g/mol. The Morgan fingerprint density at radius 1 is 1.06 bits per heavy atom. The number of amides is 2. The first kappa shape index (κ1) is 25.2. The van der Waals surface area contributed by atoms with Crippen molar-refractivity contribution in [2.24, 2.45) is 7.05 Å². The minimum Gasteiger partial charge on any atom is -0.404 e. The molecule has 3 aromatic rings. The van der Waals surface area contributed by atoms with Gasteiger partial charge in [0.25, 0.3) is 5.91 Å². The van der Waals surface area contributed by atoms with E-state index < -0.39 is 23.9 Å². The number of carbonyl (C=O) groups is 2. The molecule has 2 N–H and O–H groups in total. The Balaban J connectivity index is 1.48. The van der Waals surface area contributed by atoms with Crippen molar-refractivity contribution in [2.75, 3.05) is 43.5 Å². The second kappa shape index (κ2) is 10.8. The Kier molecular flexibility index (Phi) is 7.55. The van der Waals surface area contributed by atoms with Crippen LogP contribution in [-0.4, -0.2) is 65.7 Å². The lowest BCUT2D eigenvalue weighted by atomic mass is 10.1. The maximum Gasteiger partial charge on any atom is 0.573 e. The van der Waals surface area contributed by atoms with Gasteiger partial charge in [-0.1, -0.05) is 12.1 Å². The van der Waals surface area contributed by atoms with Gasteiger partial charge in [-0.15, -0.1) is 13.2 Å². The Hall–Kier alpha value is -3.90. The summed E-state index contributed by atoms with van der Waals surface area (Å²) in [6, 6.07) is 10.4. The first-order valence-corrected chi connectivity index (χ1v) is 11.1. The molecule has 1 aliphatic rings. The topological polar surface area (TPSA) is 97.7 Å². The lowest BCUT2D eigenvalue weighted by Crippen LogP contribution is -2.41. The van der Waals surface area contributed by atoms with E-state index in [-0.39, 0.29) is 17.8 Å². The number of hydrogen-bond acceptors (Lipinski definition) is 6. The van der Waals surface area contributed by atoms with Crippen molar-refractivity contribution in [2.45, 2.75) is 6.36 Å². The number of nitrogens with zero attached hydrogens (tertiary/aromatic N) is 3. The number of nitrogens with one attached hydrogen (secondary N) is 2. The van der Waals surface area contributed by atoms with Crippen LogP contribution in [0, 0.1) is 0 Å². The fourth-order valence-corrected chi connectivity index (χ4v) is 3.65. The highest BCUT2D eigenvalue weighted by molar-refractivity contribution is 6.06. The summed E-state index contributed by atoms with van der Waals surface area (Å²) < 4.78 is 49.6. The van der Waals surface area contributed by atoms with Crippen LogP contribution in [0.5, 0.6) is 5.75 Å². The van der Waals surface area contributed by atoms with Crippen molar-refractivity contribution in [3.05, 3.63) is 60.4 Å². The third-order valence-electron chi connectivity index (χ3n) is 5.39. The zero-order valence-corrected chi connectivity index (χ0v) is 19.3. The molecule has 0 atom stereocenters. The van der Waals surface area contributed by atoms with Crippen LogP contribution in [0.15, 0.2) is 54.9 Å². The number of aromatic nitrogens is 2. The van der Waals surface area contributed by atoms with Gasteiger partial charge in [0.2, 0.25) is 5.91 Å². The van der Waals surface area contributed by atoms with Gasteiger partial charge in [0.15, 0.2) is 5.75 Å². The second-order valence-corrected chi connectivity index (χ2v) is 8.13. The van der Waals surface area contributed by atoms with Crippen molar-refractivity contribution in [3.8, 4) is 16.9 Å². The van der Waals surface area contributed by atoms with E-state index in [1.807, 2.05) is 30.3 Å². The molecule has 1 fully saturated rings. The quantitative estimate of drug-likeness (QED) is 0.512. The molecule has 2 heterocycles. The summed E-state index contributed by atoms with van der Waals surface area (Å²) in [7, 11) is 1.81. The number of anilines is 2. The Morgan fingerprint density at radius 3 is 2.42 bits per heavy atom. The summed E-state index contributed by atoms with van der Waals surface area (Å²) >= 11 is 0. The van der Waals surface area contributed by atoms with Crippen molar-refractivity contribution in [1.29, 1.82) is 0 Å². The molecule has 1 aliphatic heterocycles. The van der Waals surface area contributed by atoms with E-state index in [4.69, 9.17) is 4.74 Å². The molecular formula is C24H24F3N5O4. The number of rotatable bonds is 7. The van der Waals surface area contributed by atoms with Gasteiger partial charge in [0.05, 0.1) is 31.6 Å². The van der Waals surface area contributed by atoms with Crippen LogP contribution in [0.2, 0.25) is 0 Å². The first-order chi connectivity index (χ1) is 17.2. The van der Waals surface area contributed by atoms with E-state index in [0.29, 0.717) is 32.0 Å². The molecule has 190 valence electrons. The number of aryl methyl sites for hydroxylation is 1. The van der Waals surface area contributed by atoms with E-state index in [9.17, 15) is 22.8 Å². The van der Waals surface area contributed by atoms with Gasteiger partial charge >= 0.3 is 6.36 Å². The van der Waals surface area contributed by atoms with Crippen LogP contribution in [0.3, 0.4) is 0 Å². The number of carbonyl (C=O) groups excluding carboxylic acids is 2. The average Bonchev–Trinajstić information content (AvgIpc) is 3.26. The molecular weight excluding hydrogens is 479 g/mol. The number of hydrogen-bond donors (Lipinski definition) is 2. The molecule has 0 spiro atoms. The second-order valence-electron chi connectivity index (χ2n) is 8.13. The predicted molar refractivity (Wildman–Crippen MR) is 126 cm³/mol. The molecule has 2 amide bonds.